The summed E-state index contributed by atoms with van der Waals surface area (Å²) in [7, 11) is 0. The third-order valence-electron chi connectivity index (χ3n) is 5.84. The molecule has 0 radical (unpaired) electrons. The number of rotatable bonds is 3. The van der Waals surface area contributed by atoms with Gasteiger partial charge in [0.05, 0.1) is 0 Å². The van der Waals surface area contributed by atoms with E-state index in [-0.39, 0.29) is 5.41 Å². The van der Waals surface area contributed by atoms with E-state index in [1.54, 1.807) is 0 Å². The summed E-state index contributed by atoms with van der Waals surface area (Å²) in [5.74, 6) is 0.401. The maximum Gasteiger partial charge on any atom is 0.169 e. The lowest BCUT2D eigenvalue weighted by molar-refractivity contribution is 0.0793. The van der Waals surface area contributed by atoms with Gasteiger partial charge in [0.2, 0.25) is 0 Å². The fourth-order valence-electron chi connectivity index (χ4n) is 4.52. The van der Waals surface area contributed by atoms with Crippen LogP contribution < -0.4 is 0 Å². The first kappa shape index (κ1) is 13.1. The second-order valence-electron chi connectivity index (χ2n) is 6.78. The van der Waals surface area contributed by atoms with Gasteiger partial charge in [0, 0.05) is 11.0 Å². The van der Waals surface area contributed by atoms with Crippen molar-refractivity contribution in [1.82, 2.24) is 0 Å². The van der Waals surface area contributed by atoms with Gasteiger partial charge in [-0.1, -0.05) is 50.1 Å². The molecule has 21 heavy (non-hydrogen) atoms. The summed E-state index contributed by atoms with van der Waals surface area (Å²) in [5.41, 5.74) is 3.74. The smallest absolute Gasteiger partial charge is 0.169 e. The van der Waals surface area contributed by atoms with Gasteiger partial charge in [-0.3, -0.25) is 4.79 Å². The molecule has 0 heterocycles. The van der Waals surface area contributed by atoms with E-state index in [1.165, 1.54) is 34.7 Å². The number of hydrogen-bond donors (Lipinski definition) is 0. The molecule has 2 aromatic rings. The van der Waals surface area contributed by atoms with Crippen LogP contribution in [0, 0.1) is 5.41 Å². The van der Waals surface area contributed by atoms with E-state index in [1.807, 2.05) is 0 Å². The van der Waals surface area contributed by atoms with Crippen LogP contribution in [0.2, 0.25) is 0 Å². The van der Waals surface area contributed by atoms with Crippen LogP contribution in [0.5, 0.6) is 0 Å². The quantitative estimate of drug-likeness (QED) is 0.715. The summed E-state index contributed by atoms with van der Waals surface area (Å²) < 4.78 is 0. The molecule has 0 bridgehead atoms. The Kier molecular flexibility index (Phi) is 2.92. The lowest BCUT2D eigenvalue weighted by Crippen LogP contribution is -2.27. The Hall–Kier alpha value is -1.63. The SMILES string of the molecule is CCC1(C(=O)c2ccc3c4c(cccc24)CC3)CCCC1. The first-order chi connectivity index (χ1) is 10.2. The average molecular weight is 278 g/mol. The first-order valence-corrected chi connectivity index (χ1v) is 8.33. The van der Waals surface area contributed by atoms with Gasteiger partial charge >= 0.3 is 0 Å². The average Bonchev–Trinajstić information content (AvgIpc) is 3.16. The van der Waals surface area contributed by atoms with Crippen molar-refractivity contribution in [3.63, 3.8) is 0 Å². The molecular formula is C20H22O. The molecule has 0 aromatic heterocycles. The van der Waals surface area contributed by atoms with Gasteiger partial charge < -0.3 is 0 Å². The van der Waals surface area contributed by atoms with E-state index in [4.69, 9.17) is 0 Å². The summed E-state index contributed by atoms with van der Waals surface area (Å²) in [5, 5.41) is 2.57. The van der Waals surface area contributed by atoms with E-state index < -0.39 is 0 Å². The topological polar surface area (TPSA) is 17.1 Å². The Morgan fingerprint density at radius 2 is 1.76 bits per heavy atom. The molecule has 0 unspecified atom stereocenters. The first-order valence-electron chi connectivity index (χ1n) is 8.33. The minimum atomic E-state index is -0.0848. The molecular weight excluding hydrogens is 256 g/mol. The lowest BCUT2D eigenvalue weighted by atomic mass is 9.75. The van der Waals surface area contributed by atoms with Crippen molar-refractivity contribution in [2.24, 2.45) is 5.41 Å². The lowest BCUT2D eigenvalue weighted by Gasteiger charge is -2.26. The van der Waals surface area contributed by atoms with E-state index in [0.717, 1.165) is 37.7 Å². The van der Waals surface area contributed by atoms with Gasteiger partial charge in [0.1, 0.15) is 0 Å². The van der Waals surface area contributed by atoms with Gasteiger partial charge in [-0.2, -0.15) is 0 Å². The molecule has 0 saturated heterocycles. The third kappa shape index (κ3) is 1.79. The largest absolute Gasteiger partial charge is 0.294 e. The highest BCUT2D eigenvalue weighted by atomic mass is 16.1. The highest BCUT2D eigenvalue weighted by Crippen LogP contribution is 2.45. The Morgan fingerprint density at radius 1 is 1.05 bits per heavy atom. The summed E-state index contributed by atoms with van der Waals surface area (Å²) in [4.78, 5) is 13.3. The molecule has 1 heteroatoms. The Morgan fingerprint density at radius 3 is 2.48 bits per heavy atom. The molecule has 0 spiro atoms. The molecule has 108 valence electrons. The molecule has 1 fully saturated rings. The van der Waals surface area contributed by atoms with Crippen molar-refractivity contribution >= 4 is 16.6 Å². The van der Waals surface area contributed by atoms with Gasteiger partial charge in [-0.05, 0) is 54.0 Å². The van der Waals surface area contributed by atoms with E-state index in [0.29, 0.717) is 5.78 Å². The zero-order valence-corrected chi connectivity index (χ0v) is 12.7. The Bertz CT molecular complexity index is 710. The van der Waals surface area contributed by atoms with Gasteiger partial charge in [-0.25, -0.2) is 0 Å². The van der Waals surface area contributed by atoms with Crippen molar-refractivity contribution in [1.29, 1.82) is 0 Å². The molecule has 4 rings (SSSR count). The third-order valence-corrected chi connectivity index (χ3v) is 5.84. The van der Waals surface area contributed by atoms with Crippen LogP contribution in [-0.2, 0) is 12.8 Å². The number of ketones is 1. The van der Waals surface area contributed by atoms with Crippen molar-refractivity contribution < 1.29 is 4.79 Å². The van der Waals surface area contributed by atoms with Gasteiger partial charge in [0.15, 0.2) is 5.78 Å². The maximum atomic E-state index is 13.3. The second kappa shape index (κ2) is 4.69. The molecule has 0 N–H and O–H groups in total. The van der Waals surface area contributed by atoms with Gasteiger partial charge in [-0.15, -0.1) is 0 Å². The molecule has 0 aliphatic heterocycles. The van der Waals surface area contributed by atoms with Crippen LogP contribution in [-0.4, -0.2) is 5.78 Å². The number of carbonyl (C=O) groups is 1. The summed E-state index contributed by atoms with van der Waals surface area (Å²) in [6.07, 6.45) is 7.81. The predicted molar refractivity (Wildman–Crippen MR) is 86.9 cm³/mol. The van der Waals surface area contributed by atoms with Crippen molar-refractivity contribution in [2.45, 2.75) is 51.9 Å². The Balaban J connectivity index is 1.90. The van der Waals surface area contributed by atoms with Crippen LogP contribution in [0.15, 0.2) is 30.3 Å². The highest BCUT2D eigenvalue weighted by Gasteiger charge is 2.40. The fourth-order valence-corrected chi connectivity index (χ4v) is 4.52. The maximum absolute atomic E-state index is 13.3. The zero-order valence-electron chi connectivity index (χ0n) is 12.7. The summed E-state index contributed by atoms with van der Waals surface area (Å²) >= 11 is 0. The number of benzene rings is 2. The normalized spacial score (nSPS) is 19.3. The van der Waals surface area contributed by atoms with Gasteiger partial charge in [0.25, 0.3) is 0 Å². The number of Topliss-reactive ketones (excluding diaryl/α,β-unsaturated/α-hetero) is 1. The summed E-state index contributed by atoms with van der Waals surface area (Å²) in [6, 6.07) is 10.8. The van der Waals surface area contributed by atoms with E-state index in [9.17, 15) is 4.79 Å². The predicted octanol–water partition coefficient (Wildman–Crippen LogP) is 5.09. The second-order valence-corrected chi connectivity index (χ2v) is 6.78. The number of hydrogen-bond acceptors (Lipinski definition) is 1. The monoisotopic (exact) mass is 278 g/mol. The van der Waals surface area contributed by atoms with Crippen molar-refractivity contribution in [3.8, 4) is 0 Å². The molecule has 1 nitrogen and oxygen atoms in total. The molecule has 1 saturated carbocycles. The molecule has 2 aromatic carbocycles. The van der Waals surface area contributed by atoms with Crippen LogP contribution in [0.1, 0.15) is 60.5 Å². The molecule has 2 aliphatic carbocycles. The van der Waals surface area contributed by atoms with E-state index >= 15 is 0 Å². The highest BCUT2D eigenvalue weighted by molar-refractivity contribution is 6.12. The molecule has 0 amide bonds. The zero-order chi connectivity index (χ0) is 14.4. The van der Waals surface area contributed by atoms with Crippen LogP contribution >= 0.6 is 0 Å². The fraction of sp³-hybridized carbons (Fsp3) is 0.450. The summed E-state index contributed by atoms with van der Waals surface area (Å²) in [6.45, 7) is 2.18. The molecule has 2 aliphatic rings. The number of carbonyl (C=O) groups excluding carboxylic acids is 1. The minimum Gasteiger partial charge on any atom is -0.294 e. The molecule has 0 atom stereocenters. The van der Waals surface area contributed by atoms with E-state index in [2.05, 4.69) is 37.3 Å². The Labute approximate surface area is 126 Å². The van der Waals surface area contributed by atoms with Crippen LogP contribution in [0.4, 0.5) is 0 Å². The van der Waals surface area contributed by atoms with Crippen molar-refractivity contribution in [3.05, 3.63) is 47.0 Å². The minimum absolute atomic E-state index is 0.0848. The van der Waals surface area contributed by atoms with Crippen LogP contribution in [0.25, 0.3) is 10.8 Å². The number of aryl methyl sites for hydroxylation is 2. The van der Waals surface area contributed by atoms with Crippen molar-refractivity contribution in [2.75, 3.05) is 0 Å². The standard InChI is InChI=1S/C20H22O/c1-2-20(12-3-4-13-20)19(21)17-11-10-15-9-8-14-6-5-7-16(17)18(14)15/h5-7,10-11H,2-4,8-9,12-13H2,1H3. The van der Waals surface area contributed by atoms with Crippen LogP contribution in [0.3, 0.4) is 0 Å².